The fourth-order valence-corrected chi connectivity index (χ4v) is 3.55. The number of halogens is 1. The Morgan fingerprint density at radius 1 is 1.36 bits per heavy atom. The molecule has 3 rings (SSSR count). The van der Waals surface area contributed by atoms with E-state index in [9.17, 15) is 5.11 Å². The molecule has 0 saturated carbocycles. The van der Waals surface area contributed by atoms with E-state index in [4.69, 9.17) is 17.0 Å². The molecule has 1 aromatic carbocycles. The smallest absolute Gasteiger partial charge is 0.220 e. The molecule has 0 spiro atoms. The largest absolute Gasteiger partial charge is 0.493 e. The van der Waals surface area contributed by atoms with Gasteiger partial charge in [0.25, 0.3) is 0 Å². The molecule has 1 N–H and O–H groups in total. The third-order valence-corrected chi connectivity index (χ3v) is 5.81. The first-order valence-electron chi connectivity index (χ1n) is 7.91. The van der Waals surface area contributed by atoms with Gasteiger partial charge in [-0.05, 0) is 30.6 Å². The highest BCUT2D eigenvalue weighted by Crippen LogP contribution is 2.42. The molecule has 0 aliphatic carbocycles. The third kappa shape index (κ3) is 4.22. The van der Waals surface area contributed by atoms with Crippen LogP contribution in [0.1, 0.15) is 0 Å². The molecule has 0 atom stereocenters. The molecule has 9 heteroatoms. The molecular weight excluding hydrogens is 424 g/mol. The number of fused-ring (bicyclic) bond motifs is 1. The molecule has 1 fully saturated rings. The zero-order chi connectivity index (χ0) is 17.8. The maximum atomic E-state index is 10.7. The van der Waals surface area contributed by atoms with Gasteiger partial charge in [0.2, 0.25) is 5.88 Å². The number of ether oxygens (including phenoxy) is 1. The Kier molecular flexibility index (Phi) is 6.45. The minimum Gasteiger partial charge on any atom is -0.493 e. The quantitative estimate of drug-likeness (QED) is 0.568. The van der Waals surface area contributed by atoms with Gasteiger partial charge in [0.1, 0.15) is 0 Å². The summed E-state index contributed by atoms with van der Waals surface area (Å²) in [6.07, 6.45) is 1.85. The lowest BCUT2D eigenvalue weighted by Crippen LogP contribution is -2.38. The van der Waals surface area contributed by atoms with Crippen LogP contribution in [-0.2, 0) is 11.3 Å². The van der Waals surface area contributed by atoms with Crippen molar-refractivity contribution in [2.75, 3.05) is 39.1 Å². The lowest BCUT2D eigenvalue weighted by molar-refractivity contribution is 0.0363. The van der Waals surface area contributed by atoms with Gasteiger partial charge in [-0.2, -0.15) is 0 Å². The molecule has 134 valence electrons. The molecule has 0 bridgehead atoms. The first kappa shape index (κ1) is 18.8. The number of morpholine rings is 1. The monoisotopic (exact) mass is 442 g/mol. The van der Waals surface area contributed by atoms with Gasteiger partial charge in [-0.1, -0.05) is 33.8 Å². The van der Waals surface area contributed by atoms with E-state index in [0.29, 0.717) is 16.6 Å². The number of rotatable bonds is 4. The second-order valence-corrected chi connectivity index (χ2v) is 7.88. The lowest BCUT2D eigenvalue weighted by Gasteiger charge is -2.26. The number of thioether (sulfide) groups is 1. The number of thiocarbonyl (C=S) groups is 1. The Bertz CT molecular complexity index is 803. The van der Waals surface area contributed by atoms with Crippen LogP contribution in [0.25, 0.3) is 10.9 Å². The van der Waals surface area contributed by atoms with Crippen LogP contribution in [0.4, 0.5) is 5.69 Å². The summed E-state index contributed by atoms with van der Waals surface area (Å²) in [6.45, 7) is 4.86. The van der Waals surface area contributed by atoms with E-state index in [1.54, 1.807) is 0 Å². The predicted octanol–water partition coefficient (Wildman–Crippen LogP) is 4.17. The zero-order valence-corrected chi connectivity index (χ0v) is 17.0. The maximum absolute atomic E-state index is 10.7. The van der Waals surface area contributed by atoms with Crippen molar-refractivity contribution in [3.05, 3.63) is 22.7 Å². The lowest BCUT2D eigenvalue weighted by atomic mass is 10.2. The van der Waals surface area contributed by atoms with Crippen molar-refractivity contribution >= 4 is 60.8 Å². The number of aromatic nitrogens is 1. The third-order valence-electron chi connectivity index (χ3n) is 4.14. The molecule has 2 heterocycles. The molecular formula is C16H19BrN4O2S2. The number of nitrogens with zero attached hydrogens (tertiary/aromatic N) is 4. The topological polar surface area (TPSA) is 62.4 Å². The first-order chi connectivity index (χ1) is 12.1. The first-order valence-corrected chi connectivity index (χ1v) is 10.3. The Hall–Kier alpha value is -1.00. The molecule has 1 aliphatic heterocycles. The van der Waals surface area contributed by atoms with Crippen molar-refractivity contribution in [1.82, 2.24) is 9.47 Å². The van der Waals surface area contributed by atoms with Crippen molar-refractivity contribution in [2.24, 2.45) is 10.2 Å². The Morgan fingerprint density at radius 3 is 2.84 bits per heavy atom. The number of benzene rings is 1. The van der Waals surface area contributed by atoms with Gasteiger partial charge in [0.05, 0.1) is 18.7 Å². The van der Waals surface area contributed by atoms with Gasteiger partial charge in [0, 0.05) is 36.0 Å². The van der Waals surface area contributed by atoms with Crippen LogP contribution in [0.5, 0.6) is 5.88 Å². The van der Waals surface area contributed by atoms with Crippen LogP contribution < -0.4 is 0 Å². The second-order valence-electron chi connectivity index (χ2n) is 5.58. The summed E-state index contributed by atoms with van der Waals surface area (Å²) in [5.74, 6) is 0.114. The second kappa shape index (κ2) is 8.59. The SMILES string of the molecule is CSC(=S)N=Nc1c(O)n(CCN2CCOCC2)c2cccc(Br)c12. The molecule has 0 unspecified atom stereocenters. The van der Waals surface area contributed by atoms with E-state index < -0.39 is 0 Å². The zero-order valence-electron chi connectivity index (χ0n) is 13.8. The number of hydrogen-bond donors (Lipinski definition) is 1. The van der Waals surface area contributed by atoms with E-state index in [1.807, 2.05) is 29.0 Å². The molecule has 1 aromatic heterocycles. The molecule has 6 nitrogen and oxygen atoms in total. The van der Waals surface area contributed by atoms with Crippen LogP contribution in [0, 0.1) is 0 Å². The summed E-state index contributed by atoms with van der Waals surface area (Å²) >= 11 is 9.98. The number of hydrogen-bond acceptors (Lipinski definition) is 6. The maximum Gasteiger partial charge on any atom is 0.220 e. The van der Waals surface area contributed by atoms with E-state index in [2.05, 4.69) is 31.1 Å². The van der Waals surface area contributed by atoms with Crippen molar-refractivity contribution < 1.29 is 9.84 Å². The summed E-state index contributed by atoms with van der Waals surface area (Å²) in [5.41, 5.74) is 1.37. The van der Waals surface area contributed by atoms with E-state index in [0.717, 1.165) is 48.2 Å². The van der Waals surface area contributed by atoms with Crippen molar-refractivity contribution in [3.8, 4) is 5.88 Å². The summed E-state index contributed by atoms with van der Waals surface area (Å²) < 4.78 is 8.57. The highest BCUT2D eigenvalue weighted by molar-refractivity contribution is 9.10. The summed E-state index contributed by atoms with van der Waals surface area (Å²) in [7, 11) is 0. The van der Waals surface area contributed by atoms with Crippen LogP contribution in [0.15, 0.2) is 32.9 Å². The van der Waals surface area contributed by atoms with Crippen LogP contribution in [0.2, 0.25) is 0 Å². The summed E-state index contributed by atoms with van der Waals surface area (Å²) in [5, 5.41) is 19.8. The van der Waals surface area contributed by atoms with Crippen LogP contribution in [0.3, 0.4) is 0 Å². The van der Waals surface area contributed by atoms with Crippen molar-refractivity contribution in [1.29, 1.82) is 0 Å². The van der Waals surface area contributed by atoms with Gasteiger partial charge in [-0.3, -0.25) is 4.90 Å². The van der Waals surface area contributed by atoms with Gasteiger partial charge < -0.3 is 14.4 Å². The van der Waals surface area contributed by atoms with Crippen LogP contribution in [-0.4, -0.2) is 58.0 Å². The minimum absolute atomic E-state index is 0.114. The highest BCUT2D eigenvalue weighted by atomic mass is 79.9. The summed E-state index contributed by atoms with van der Waals surface area (Å²) in [6, 6.07) is 5.86. The van der Waals surface area contributed by atoms with Gasteiger partial charge in [-0.25, -0.2) is 0 Å². The van der Waals surface area contributed by atoms with E-state index in [-0.39, 0.29) is 5.88 Å². The minimum atomic E-state index is 0.114. The fraction of sp³-hybridized carbons (Fsp3) is 0.438. The van der Waals surface area contributed by atoms with E-state index in [1.165, 1.54) is 11.8 Å². The van der Waals surface area contributed by atoms with Gasteiger partial charge in [-0.15, -0.1) is 10.2 Å². The van der Waals surface area contributed by atoms with Crippen molar-refractivity contribution in [2.45, 2.75) is 6.54 Å². The number of aromatic hydroxyl groups is 1. The molecule has 2 aromatic rings. The van der Waals surface area contributed by atoms with Gasteiger partial charge >= 0.3 is 0 Å². The van der Waals surface area contributed by atoms with E-state index >= 15 is 0 Å². The standard InChI is InChI=1S/C16H19BrN4O2S2/c1-25-16(24)19-18-14-13-11(17)3-2-4-12(13)21(15(14)22)6-5-20-7-9-23-10-8-20/h2-4,22H,5-10H2,1H3. The predicted molar refractivity (Wildman–Crippen MR) is 109 cm³/mol. The van der Waals surface area contributed by atoms with Gasteiger partial charge in [0.15, 0.2) is 10.0 Å². The van der Waals surface area contributed by atoms with Crippen molar-refractivity contribution in [3.63, 3.8) is 0 Å². The molecule has 1 saturated heterocycles. The molecule has 0 amide bonds. The molecule has 0 radical (unpaired) electrons. The average molecular weight is 443 g/mol. The normalized spacial score (nSPS) is 16.1. The fourth-order valence-electron chi connectivity index (χ4n) is 2.84. The Morgan fingerprint density at radius 2 is 2.12 bits per heavy atom. The molecule has 1 aliphatic rings. The Labute approximate surface area is 164 Å². The van der Waals surface area contributed by atoms with Crippen LogP contribution >= 0.6 is 39.9 Å². The Balaban J connectivity index is 1.94. The average Bonchev–Trinajstić information content (AvgIpc) is 2.91. The summed E-state index contributed by atoms with van der Waals surface area (Å²) in [4.78, 5) is 2.33. The highest BCUT2D eigenvalue weighted by Gasteiger charge is 2.20. The molecule has 25 heavy (non-hydrogen) atoms. The number of azo groups is 1.